The Morgan fingerprint density at radius 3 is 0.767 bits per heavy atom. The predicted molar refractivity (Wildman–Crippen MR) is 74.2 cm³/mol. The Kier molecular flexibility index (Phi) is 8.16. The first kappa shape index (κ1) is 29.7. The van der Waals surface area contributed by atoms with Crippen LogP contribution in [0, 0.1) is 0 Å². The SMILES string of the molecule is C[O][Sn]([C](F)(F)C(F)(F)C(C)F)([C](F)(F)C(F)(F)C(C)F)[C](F)(F)C(F)(F)C(C)F. The third-order valence-corrected chi connectivity index (χ3v) is 16.6. The summed E-state index contributed by atoms with van der Waals surface area (Å²) in [4.78, 5) is 0. The molecule has 1 nitrogen and oxygen atoms in total. The van der Waals surface area contributed by atoms with Gasteiger partial charge in [-0.05, 0) is 0 Å². The zero-order chi connectivity index (χ0) is 24.9. The van der Waals surface area contributed by atoms with E-state index in [1.807, 2.05) is 0 Å². The van der Waals surface area contributed by atoms with E-state index in [1.165, 1.54) is 0 Å². The molecule has 0 radical (unpaired) electrons. The van der Waals surface area contributed by atoms with Gasteiger partial charge in [0.25, 0.3) is 0 Å². The molecular formula is C13H15F15OSn. The van der Waals surface area contributed by atoms with Gasteiger partial charge in [-0.1, -0.05) is 0 Å². The summed E-state index contributed by atoms with van der Waals surface area (Å²) in [6.07, 6.45) is -13.0. The molecule has 17 heteroatoms. The number of halogens is 15. The first-order chi connectivity index (χ1) is 12.9. The molecule has 0 aliphatic rings. The number of hydrogen-bond donors (Lipinski definition) is 0. The van der Waals surface area contributed by atoms with Gasteiger partial charge >= 0.3 is 164 Å². The van der Waals surface area contributed by atoms with Gasteiger partial charge in [0.15, 0.2) is 0 Å². The van der Waals surface area contributed by atoms with Crippen molar-refractivity contribution < 1.29 is 68.9 Å². The van der Waals surface area contributed by atoms with E-state index in [1.54, 1.807) is 0 Å². The van der Waals surface area contributed by atoms with Crippen molar-refractivity contribution in [3.8, 4) is 0 Å². The van der Waals surface area contributed by atoms with E-state index in [0.717, 1.165) is 0 Å². The van der Waals surface area contributed by atoms with Crippen LogP contribution in [0.2, 0.25) is 0 Å². The average molecular weight is 591 g/mol. The van der Waals surface area contributed by atoms with Crippen molar-refractivity contribution in [3.63, 3.8) is 0 Å². The second-order valence-corrected chi connectivity index (χ2v) is 16.8. The molecule has 30 heavy (non-hydrogen) atoms. The topological polar surface area (TPSA) is 9.23 Å². The van der Waals surface area contributed by atoms with Crippen LogP contribution in [0.1, 0.15) is 20.8 Å². The van der Waals surface area contributed by atoms with Gasteiger partial charge in [-0.25, -0.2) is 0 Å². The van der Waals surface area contributed by atoms with Crippen molar-refractivity contribution in [2.45, 2.75) is 68.9 Å². The summed E-state index contributed by atoms with van der Waals surface area (Å²) in [5, 5.41) is 0. The van der Waals surface area contributed by atoms with E-state index in [9.17, 15) is 65.9 Å². The maximum atomic E-state index is 14.5. The molecule has 0 heterocycles. The van der Waals surface area contributed by atoms with Crippen LogP contribution in [-0.4, -0.2) is 74.0 Å². The minimum atomic E-state index is -10.6. The summed E-state index contributed by atoms with van der Waals surface area (Å²) in [5.41, 5.74) is 0. The van der Waals surface area contributed by atoms with Crippen LogP contribution in [-0.2, 0) is 3.07 Å². The normalized spacial score (nSPS) is 20.5. The Morgan fingerprint density at radius 1 is 0.500 bits per heavy atom. The molecule has 0 aromatic rings. The molecule has 0 saturated carbocycles. The van der Waals surface area contributed by atoms with Gasteiger partial charge in [0.2, 0.25) is 0 Å². The molecule has 0 saturated heterocycles. The van der Waals surface area contributed by atoms with Crippen LogP contribution in [0.15, 0.2) is 0 Å². The first-order valence-electron chi connectivity index (χ1n) is 7.63. The number of rotatable bonds is 10. The van der Waals surface area contributed by atoms with Gasteiger partial charge in [-0.2, -0.15) is 0 Å². The molecule has 0 aromatic carbocycles. The first-order valence-corrected chi connectivity index (χ1v) is 13.1. The Labute approximate surface area is 164 Å². The van der Waals surface area contributed by atoms with Crippen LogP contribution in [0.3, 0.4) is 0 Å². The molecule has 0 aliphatic heterocycles. The van der Waals surface area contributed by atoms with Gasteiger partial charge in [0.1, 0.15) is 0 Å². The molecule has 0 rings (SSSR count). The van der Waals surface area contributed by atoms with Crippen molar-refractivity contribution in [1.82, 2.24) is 0 Å². The van der Waals surface area contributed by atoms with E-state index >= 15 is 0 Å². The number of hydrogen-bond acceptors (Lipinski definition) is 1. The average Bonchev–Trinajstić information content (AvgIpc) is 2.53. The van der Waals surface area contributed by atoms with Gasteiger partial charge in [-0.15, -0.1) is 0 Å². The summed E-state index contributed by atoms with van der Waals surface area (Å²) >= 11 is -10.6. The molecule has 3 unspecified atom stereocenters. The summed E-state index contributed by atoms with van der Waals surface area (Å²) in [6.45, 7) is -1.49. The molecule has 0 amide bonds. The maximum absolute atomic E-state index is 14.5. The fourth-order valence-corrected chi connectivity index (χ4v) is 13.7. The molecule has 0 aromatic heterocycles. The standard InChI is InChI=1S/3C4H4F5.CH3O.Sn/c3*1-2(5)4(8,9)3(6)7;1-2;/h3*2H,1H3;1H3;/q;;;-1;+1. The molecule has 0 N–H and O–H groups in total. The van der Waals surface area contributed by atoms with E-state index in [-0.39, 0.29) is 0 Å². The van der Waals surface area contributed by atoms with Crippen molar-refractivity contribution >= 4 is 18.8 Å². The zero-order valence-corrected chi connectivity index (χ0v) is 18.2. The van der Waals surface area contributed by atoms with Crippen LogP contribution >= 0.6 is 0 Å². The van der Waals surface area contributed by atoms with Gasteiger partial charge in [0, 0.05) is 0 Å². The third-order valence-electron chi connectivity index (χ3n) is 4.39. The molecule has 0 spiro atoms. The second-order valence-electron chi connectivity index (χ2n) is 6.33. The molecular weight excluding hydrogens is 576 g/mol. The minimum absolute atomic E-state index is 0.498. The summed E-state index contributed by atoms with van der Waals surface area (Å²) < 4.78 is 189. The van der Waals surface area contributed by atoms with E-state index in [4.69, 9.17) is 0 Å². The Bertz CT molecular complexity index is 523. The van der Waals surface area contributed by atoms with Crippen molar-refractivity contribution in [1.29, 1.82) is 0 Å². The van der Waals surface area contributed by atoms with Crippen LogP contribution in [0.4, 0.5) is 65.9 Å². The van der Waals surface area contributed by atoms with E-state index in [0.29, 0.717) is 0 Å². The van der Waals surface area contributed by atoms with Gasteiger partial charge in [-0.3, -0.25) is 0 Å². The summed E-state index contributed by atoms with van der Waals surface area (Å²) in [5.74, 6) is -20.1. The van der Waals surface area contributed by atoms with Gasteiger partial charge < -0.3 is 0 Å². The monoisotopic (exact) mass is 592 g/mol. The Morgan fingerprint density at radius 2 is 0.667 bits per heavy atom. The van der Waals surface area contributed by atoms with Crippen LogP contribution in [0.5, 0.6) is 0 Å². The molecule has 3 atom stereocenters. The van der Waals surface area contributed by atoms with Gasteiger partial charge in [0.05, 0.1) is 0 Å². The van der Waals surface area contributed by atoms with Crippen LogP contribution in [0.25, 0.3) is 0 Å². The third kappa shape index (κ3) is 3.54. The molecule has 0 aliphatic carbocycles. The molecule has 0 fully saturated rings. The summed E-state index contributed by atoms with van der Waals surface area (Å²) in [7, 11) is -0.719. The van der Waals surface area contributed by atoms with Crippen molar-refractivity contribution in [2.75, 3.05) is 7.11 Å². The van der Waals surface area contributed by atoms with Crippen molar-refractivity contribution in [3.05, 3.63) is 0 Å². The predicted octanol–water partition coefficient (Wildman–Crippen LogP) is 6.08. The summed E-state index contributed by atoms with van der Waals surface area (Å²) in [6, 6.07) is 0. The zero-order valence-electron chi connectivity index (χ0n) is 15.3. The Hall–Kier alpha value is -0.291. The fourth-order valence-electron chi connectivity index (χ4n) is 2.43. The quantitative estimate of drug-likeness (QED) is 0.221. The number of alkyl halides is 15. The molecule has 0 bridgehead atoms. The van der Waals surface area contributed by atoms with Crippen molar-refractivity contribution in [2.24, 2.45) is 0 Å². The fraction of sp³-hybridized carbons (Fsp3) is 1.00. The second kappa shape index (κ2) is 8.24. The Balaban J connectivity index is 7.76. The van der Waals surface area contributed by atoms with E-state index < -0.39 is 94.8 Å². The molecule has 182 valence electrons. The van der Waals surface area contributed by atoms with E-state index in [2.05, 4.69) is 3.07 Å². The van der Waals surface area contributed by atoms with Crippen LogP contribution < -0.4 is 0 Å².